The van der Waals surface area contributed by atoms with Crippen LogP contribution in [0.25, 0.3) is 0 Å². The minimum Gasteiger partial charge on any atom is -0.469 e. The highest BCUT2D eigenvalue weighted by molar-refractivity contribution is 5.97. The van der Waals surface area contributed by atoms with Gasteiger partial charge in [0.05, 0.1) is 13.5 Å². The van der Waals surface area contributed by atoms with Crippen LogP contribution in [0.5, 0.6) is 0 Å². The van der Waals surface area contributed by atoms with E-state index in [4.69, 9.17) is 0 Å². The van der Waals surface area contributed by atoms with Crippen molar-refractivity contribution in [1.82, 2.24) is 0 Å². The number of hydrogen-bond acceptors (Lipinski definition) is 3. The number of esters is 1. The molecule has 0 atom stereocenters. The van der Waals surface area contributed by atoms with Crippen LogP contribution >= 0.6 is 0 Å². The number of carbonyl (C=O) groups excluding carboxylic acids is 1. The summed E-state index contributed by atoms with van der Waals surface area (Å²) in [5.41, 5.74) is 0.857. The number of nitrogens with zero attached hydrogens (tertiary/aromatic N) is 1. The first-order chi connectivity index (χ1) is 5.70. The van der Waals surface area contributed by atoms with Crippen molar-refractivity contribution in [2.24, 2.45) is 4.99 Å². The lowest BCUT2D eigenvalue weighted by molar-refractivity contribution is -0.139. The second-order valence-electron chi connectivity index (χ2n) is 2.72. The van der Waals surface area contributed by atoms with E-state index in [-0.39, 0.29) is 5.97 Å². The predicted octanol–water partition coefficient (Wildman–Crippen LogP) is 1.81. The Morgan fingerprint density at radius 1 is 1.50 bits per heavy atom. The third-order valence-electron chi connectivity index (χ3n) is 1.52. The fourth-order valence-electron chi connectivity index (χ4n) is 0.765. The maximum absolute atomic E-state index is 10.8. The molecule has 0 aromatic heterocycles. The molecule has 0 amide bonds. The van der Waals surface area contributed by atoms with Gasteiger partial charge in [-0.15, -0.1) is 0 Å². The molecule has 70 valence electrons. The van der Waals surface area contributed by atoms with Crippen molar-refractivity contribution >= 4 is 11.7 Å². The zero-order valence-electron chi connectivity index (χ0n) is 8.09. The maximum atomic E-state index is 10.8. The molecule has 0 spiro atoms. The lowest BCUT2D eigenvalue weighted by Gasteiger charge is -1.98. The summed E-state index contributed by atoms with van der Waals surface area (Å²) in [4.78, 5) is 15.0. The summed E-state index contributed by atoms with van der Waals surface area (Å²) in [5, 5.41) is 0. The van der Waals surface area contributed by atoms with Gasteiger partial charge in [-0.1, -0.05) is 13.3 Å². The van der Waals surface area contributed by atoms with Gasteiger partial charge >= 0.3 is 5.97 Å². The third-order valence-corrected chi connectivity index (χ3v) is 1.52. The van der Waals surface area contributed by atoms with Crippen LogP contribution in [0.2, 0.25) is 0 Å². The van der Waals surface area contributed by atoms with Crippen LogP contribution in [0, 0.1) is 0 Å². The van der Waals surface area contributed by atoms with Gasteiger partial charge in [0, 0.05) is 12.3 Å². The molecule has 0 N–H and O–H groups in total. The smallest absolute Gasteiger partial charge is 0.311 e. The largest absolute Gasteiger partial charge is 0.469 e. The Bertz CT molecular complexity index is 164. The quantitative estimate of drug-likeness (QED) is 0.359. The molecule has 12 heavy (non-hydrogen) atoms. The van der Waals surface area contributed by atoms with Gasteiger partial charge in [0.25, 0.3) is 0 Å². The summed E-state index contributed by atoms with van der Waals surface area (Å²) >= 11 is 0. The molecule has 0 aromatic rings. The van der Waals surface area contributed by atoms with Gasteiger partial charge in [0.1, 0.15) is 0 Å². The van der Waals surface area contributed by atoms with Gasteiger partial charge in [-0.2, -0.15) is 0 Å². The number of rotatable bonds is 5. The summed E-state index contributed by atoms with van der Waals surface area (Å²) in [7, 11) is 1.39. The first kappa shape index (κ1) is 11.1. The van der Waals surface area contributed by atoms with E-state index in [0.717, 1.165) is 25.1 Å². The van der Waals surface area contributed by atoms with Gasteiger partial charge in [-0.05, 0) is 13.3 Å². The number of hydrogen-bond donors (Lipinski definition) is 0. The van der Waals surface area contributed by atoms with Gasteiger partial charge in [0.15, 0.2) is 0 Å². The number of methoxy groups -OCH3 is 1. The van der Waals surface area contributed by atoms with Crippen LogP contribution in [0.15, 0.2) is 4.99 Å². The van der Waals surface area contributed by atoms with Crippen LogP contribution < -0.4 is 0 Å². The summed E-state index contributed by atoms with van der Waals surface area (Å²) in [5.74, 6) is -0.215. The average Bonchev–Trinajstić information content (AvgIpc) is 2.05. The SMILES string of the molecule is CCCC/N=C(/C)CC(=O)OC. The van der Waals surface area contributed by atoms with Gasteiger partial charge in [-0.25, -0.2) is 0 Å². The highest BCUT2D eigenvalue weighted by Gasteiger charge is 2.01. The minimum atomic E-state index is -0.215. The predicted molar refractivity (Wildman–Crippen MR) is 49.5 cm³/mol. The van der Waals surface area contributed by atoms with Gasteiger partial charge in [-0.3, -0.25) is 9.79 Å². The van der Waals surface area contributed by atoms with Crippen molar-refractivity contribution < 1.29 is 9.53 Å². The van der Waals surface area contributed by atoms with Crippen molar-refractivity contribution in [2.45, 2.75) is 33.1 Å². The zero-order valence-corrected chi connectivity index (χ0v) is 8.09. The van der Waals surface area contributed by atoms with Crippen molar-refractivity contribution in [2.75, 3.05) is 13.7 Å². The molecular weight excluding hydrogens is 154 g/mol. The molecule has 0 radical (unpaired) electrons. The Morgan fingerprint density at radius 2 is 2.17 bits per heavy atom. The van der Waals surface area contributed by atoms with E-state index in [1.54, 1.807) is 0 Å². The summed E-state index contributed by atoms with van der Waals surface area (Å²) in [6.45, 7) is 4.79. The van der Waals surface area contributed by atoms with E-state index in [2.05, 4.69) is 16.7 Å². The van der Waals surface area contributed by atoms with Crippen LogP contribution in [-0.2, 0) is 9.53 Å². The number of unbranched alkanes of at least 4 members (excludes halogenated alkanes) is 1. The second-order valence-corrected chi connectivity index (χ2v) is 2.72. The molecule has 0 aliphatic rings. The normalized spacial score (nSPS) is 11.4. The molecule has 0 heterocycles. The molecular formula is C9H17NO2. The molecule has 0 bridgehead atoms. The van der Waals surface area contributed by atoms with Crippen molar-refractivity contribution in [1.29, 1.82) is 0 Å². The Balaban J connectivity index is 3.62. The van der Waals surface area contributed by atoms with Crippen molar-refractivity contribution in [3.05, 3.63) is 0 Å². The second kappa shape index (κ2) is 6.83. The van der Waals surface area contributed by atoms with Gasteiger partial charge < -0.3 is 4.74 Å². The molecule has 0 fully saturated rings. The number of ether oxygens (including phenoxy) is 1. The van der Waals surface area contributed by atoms with Crippen molar-refractivity contribution in [3.63, 3.8) is 0 Å². The molecule has 0 saturated heterocycles. The van der Waals surface area contributed by atoms with E-state index in [9.17, 15) is 4.79 Å². The molecule has 0 aliphatic carbocycles. The Labute approximate surface area is 73.8 Å². The van der Waals surface area contributed by atoms with Gasteiger partial charge in [0.2, 0.25) is 0 Å². The summed E-state index contributed by atoms with van der Waals surface area (Å²) in [6.07, 6.45) is 2.54. The highest BCUT2D eigenvalue weighted by atomic mass is 16.5. The van der Waals surface area contributed by atoms with E-state index in [0.29, 0.717) is 6.42 Å². The molecule has 0 unspecified atom stereocenters. The fraction of sp³-hybridized carbons (Fsp3) is 0.778. The number of aliphatic imine (C=N–C) groups is 1. The lowest BCUT2D eigenvalue weighted by Crippen LogP contribution is -2.06. The lowest BCUT2D eigenvalue weighted by atomic mass is 10.3. The average molecular weight is 171 g/mol. The molecule has 0 saturated carbocycles. The Morgan fingerprint density at radius 3 is 2.67 bits per heavy atom. The Hall–Kier alpha value is -0.860. The maximum Gasteiger partial charge on any atom is 0.311 e. The van der Waals surface area contributed by atoms with E-state index in [1.165, 1.54) is 7.11 Å². The molecule has 0 rings (SSSR count). The molecule has 0 aromatic carbocycles. The van der Waals surface area contributed by atoms with Crippen LogP contribution in [0.1, 0.15) is 33.1 Å². The summed E-state index contributed by atoms with van der Waals surface area (Å²) in [6, 6.07) is 0. The van der Waals surface area contributed by atoms with Crippen LogP contribution in [0.3, 0.4) is 0 Å². The third kappa shape index (κ3) is 5.89. The zero-order chi connectivity index (χ0) is 9.40. The minimum absolute atomic E-state index is 0.215. The van der Waals surface area contributed by atoms with E-state index < -0.39 is 0 Å². The van der Waals surface area contributed by atoms with E-state index in [1.807, 2.05) is 6.92 Å². The van der Waals surface area contributed by atoms with E-state index >= 15 is 0 Å². The molecule has 3 nitrogen and oxygen atoms in total. The monoisotopic (exact) mass is 171 g/mol. The molecule has 0 aliphatic heterocycles. The summed E-state index contributed by atoms with van der Waals surface area (Å²) < 4.78 is 4.51. The molecule has 3 heteroatoms. The van der Waals surface area contributed by atoms with Crippen LogP contribution in [-0.4, -0.2) is 25.3 Å². The number of carbonyl (C=O) groups is 1. The standard InChI is InChI=1S/C9H17NO2/c1-4-5-6-10-8(2)7-9(11)12-3/h4-7H2,1-3H3/b10-8-. The Kier molecular flexibility index (Phi) is 6.34. The highest BCUT2D eigenvalue weighted by Crippen LogP contribution is 1.92. The topological polar surface area (TPSA) is 38.7 Å². The van der Waals surface area contributed by atoms with Crippen molar-refractivity contribution in [3.8, 4) is 0 Å². The first-order valence-electron chi connectivity index (χ1n) is 4.27. The fourth-order valence-corrected chi connectivity index (χ4v) is 0.765. The van der Waals surface area contributed by atoms with Crippen LogP contribution in [0.4, 0.5) is 0 Å². The first-order valence-corrected chi connectivity index (χ1v) is 4.27.